The molecular formula is C19H21NO. The van der Waals surface area contributed by atoms with Gasteiger partial charge < -0.3 is 9.67 Å². The van der Waals surface area contributed by atoms with Crippen molar-refractivity contribution in [3.63, 3.8) is 0 Å². The monoisotopic (exact) mass is 279 g/mol. The van der Waals surface area contributed by atoms with Crippen molar-refractivity contribution in [2.45, 2.75) is 33.7 Å². The molecule has 1 aromatic heterocycles. The molecule has 0 atom stereocenters. The number of aryl methyl sites for hydroxylation is 2. The molecule has 0 radical (unpaired) electrons. The summed E-state index contributed by atoms with van der Waals surface area (Å²) in [6.45, 7) is 7.51. The largest absolute Gasteiger partial charge is 0.508 e. The Labute approximate surface area is 125 Å². The lowest BCUT2D eigenvalue weighted by molar-refractivity contribution is 0.476. The Balaban J connectivity index is 2.39. The molecule has 0 fully saturated rings. The van der Waals surface area contributed by atoms with Crippen molar-refractivity contribution in [3.8, 4) is 16.9 Å². The Bertz CT molecular complexity index is 799. The summed E-state index contributed by atoms with van der Waals surface area (Å²) in [7, 11) is 0. The second-order valence-corrected chi connectivity index (χ2v) is 5.63. The molecule has 0 spiro atoms. The lowest BCUT2D eigenvalue weighted by Gasteiger charge is -2.08. The van der Waals surface area contributed by atoms with Crippen molar-refractivity contribution in [2.24, 2.45) is 0 Å². The summed E-state index contributed by atoms with van der Waals surface area (Å²) >= 11 is 0. The summed E-state index contributed by atoms with van der Waals surface area (Å²) in [4.78, 5) is 0. The Morgan fingerprint density at radius 3 is 2.52 bits per heavy atom. The van der Waals surface area contributed by atoms with Gasteiger partial charge in [0.2, 0.25) is 0 Å². The van der Waals surface area contributed by atoms with Crippen molar-refractivity contribution in [1.29, 1.82) is 0 Å². The van der Waals surface area contributed by atoms with Crippen LogP contribution in [-0.4, -0.2) is 9.67 Å². The zero-order chi connectivity index (χ0) is 15.0. The molecule has 0 unspecified atom stereocenters. The number of aromatic hydroxyl groups is 1. The maximum absolute atomic E-state index is 9.89. The van der Waals surface area contributed by atoms with Crippen LogP contribution in [0.2, 0.25) is 0 Å². The van der Waals surface area contributed by atoms with Crippen LogP contribution >= 0.6 is 0 Å². The Morgan fingerprint density at radius 1 is 1.05 bits per heavy atom. The average Bonchev–Trinajstić information content (AvgIpc) is 2.72. The maximum Gasteiger partial charge on any atom is 0.116 e. The molecule has 2 nitrogen and oxygen atoms in total. The molecule has 0 saturated heterocycles. The molecule has 0 saturated carbocycles. The molecule has 0 amide bonds. The highest BCUT2D eigenvalue weighted by Crippen LogP contribution is 2.37. The number of hydrogen-bond donors (Lipinski definition) is 1. The van der Waals surface area contributed by atoms with E-state index in [1.54, 1.807) is 6.07 Å². The van der Waals surface area contributed by atoms with E-state index in [1.165, 1.54) is 27.9 Å². The number of phenolic OH excluding ortho intramolecular Hbond substituents is 1. The SMILES string of the molecule is CCCn1c(C)c(-c2ccccc2C)c2cc(O)ccc21. The van der Waals surface area contributed by atoms with Crippen LogP contribution in [0.1, 0.15) is 24.6 Å². The highest BCUT2D eigenvalue weighted by molar-refractivity contribution is 5.99. The fraction of sp³-hybridized carbons (Fsp3) is 0.263. The molecule has 21 heavy (non-hydrogen) atoms. The molecule has 2 heteroatoms. The number of hydrogen-bond acceptors (Lipinski definition) is 1. The first kappa shape index (κ1) is 13.7. The van der Waals surface area contributed by atoms with Gasteiger partial charge in [-0.1, -0.05) is 31.2 Å². The molecule has 2 aromatic carbocycles. The Morgan fingerprint density at radius 2 is 1.81 bits per heavy atom. The van der Waals surface area contributed by atoms with Crippen LogP contribution in [0.5, 0.6) is 5.75 Å². The van der Waals surface area contributed by atoms with E-state index in [0.717, 1.165) is 18.4 Å². The van der Waals surface area contributed by atoms with Gasteiger partial charge in [-0.3, -0.25) is 0 Å². The summed E-state index contributed by atoms with van der Waals surface area (Å²) in [6, 6.07) is 14.1. The van der Waals surface area contributed by atoms with Crippen LogP contribution in [0.25, 0.3) is 22.0 Å². The van der Waals surface area contributed by atoms with E-state index < -0.39 is 0 Å². The van der Waals surface area contributed by atoms with Gasteiger partial charge in [-0.25, -0.2) is 0 Å². The van der Waals surface area contributed by atoms with Crippen LogP contribution in [-0.2, 0) is 6.54 Å². The first-order valence-corrected chi connectivity index (χ1v) is 7.51. The minimum Gasteiger partial charge on any atom is -0.508 e. The van der Waals surface area contributed by atoms with E-state index in [0.29, 0.717) is 5.75 Å². The fourth-order valence-electron chi connectivity index (χ4n) is 3.18. The second kappa shape index (κ2) is 5.28. The van der Waals surface area contributed by atoms with Gasteiger partial charge in [0, 0.05) is 28.7 Å². The van der Waals surface area contributed by atoms with Crippen LogP contribution in [0.4, 0.5) is 0 Å². The Hall–Kier alpha value is -2.22. The standard InChI is InChI=1S/C19H21NO/c1-4-11-20-14(3)19(16-8-6-5-7-13(16)2)17-12-15(21)9-10-18(17)20/h5-10,12,21H,4,11H2,1-3H3. The smallest absolute Gasteiger partial charge is 0.116 e. The zero-order valence-corrected chi connectivity index (χ0v) is 12.9. The van der Waals surface area contributed by atoms with E-state index in [2.05, 4.69) is 49.6 Å². The maximum atomic E-state index is 9.89. The van der Waals surface area contributed by atoms with Crippen LogP contribution in [0.15, 0.2) is 42.5 Å². The van der Waals surface area contributed by atoms with E-state index in [4.69, 9.17) is 0 Å². The van der Waals surface area contributed by atoms with Crippen LogP contribution < -0.4 is 0 Å². The van der Waals surface area contributed by atoms with Gasteiger partial charge in [-0.2, -0.15) is 0 Å². The topological polar surface area (TPSA) is 25.2 Å². The van der Waals surface area contributed by atoms with Crippen molar-refractivity contribution in [1.82, 2.24) is 4.57 Å². The lowest BCUT2D eigenvalue weighted by Crippen LogP contribution is -1.99. The molecule has 0 aliphatic heterocycles. The summed E-state index contributed by atoms with van der Waals surface area (Å²) in [5.41, 5.74) is 6.23. The van der Waals surface area contributed by atoms with Gasteiger partial charge in [0.05, 0.1) is 0 Å². The number of aromatic nitrogens is 1. The first-order valence-electron chi connectivity index (χ1n) is 7.51. The molecule has 0 aliphatic carbocycles. The molecule has 3 rings (SSSR count). The summed E-state index contributed by atoms with van der Waals surface area (Å²) in [6.07, 6.45) is 1.10. The average molecular weight is 279 g/mol. The summed E-state index contributed by atoms with van der Waals surface area (Å²) in [5, 5.41) is 11.0. The summed E-state index contributed by atoms with van der Waals surface area (Å²) in [5.74, 6) is 0.325. The lowest BCUT2D eigenvalue weighted by atomic mass is 9.98. The van der Waals surface area contributed by atoms with Gasteiger partial charge in [0.25, 0.3) is 0 Å². The van der Waals surface area contributed by atoms with Gasteiger partial charge >= 0.3 is 0 Å². The highest BCUT2D eigenvalue weighted by Gasteiger charge is 2.16. The zero-order valence-electron chi connectivity index (χ0n) is 12.9. The van der Waals surface area contributed by atoms with Gasteiger partial charge in [-0.05, 0) is 49.6 Å². The number of benzene rings is 2. The predicted molar refractivity (Wildman–Crippen MR) is 88.8 cm³/mol. The Kier molecular flexibility index (Phi) is 3.46. The van der Waals surface area contributed by atoms with Crippen LogP contribution in [0.3, 0.4) is 0 Å². The number of phenols is 1. The molecular weight excluding hydrogens is 258 g/mol. The molecule has 0 bridgehead atoms. The second-order valence-electron chi connectivity index (χ2n) is 5.63. The van der Waals surface area contributed by atoms with Crippen molar-refractivity contribution in [3.05, 3.63) is 53.7 Å². The normalized spacial score (nSPS) is 11.2. The van der Waals surface area contributed by atoms with E-state index in [1.807, 2.05) is 12.1 Å². The quantitative estimate of drug-likeness (QED) is 0.713. The molecule has 108 valence electrons. The third kappa shape index (κ3) is 2.21. The van der Waals surface area contributed by atoms with E-state index in [9.17, 15) is 5.11 Å². The number of nitrogens with zero attached hydrogens (tertiary/aromatic N) is 1. The van der Waals surface area contributed by atoms with Gasteiger partial charge in [0.1, 0.15) is 5.75 Å². The fourth-order valence-corrected chi connectivity index (χ4v) is 3.18. The molecule has 1 N–H and O–H groups in total. The minimum atomic E-state index is 0.325. The van der Waals surface area contributed by atoms with Crippen molar-refractivity contribution >= 4 is 10.9 Å². The van der Waals surface area contributed by atoms with E-state index in [-0.39, 0.29) is 0 Å². The summed E-state index contributed by atoms with van der Waals surface area (Å²) < 4.78 is 2.36. The number of fused-ring (bicyclic) bond motifs is 1. The molecule has 0 aliphatic rings. The third-order valence-corrected chi connectivity index (χ3v) is 4.17. The molecule has 3 aromatic rings. The van der Waals surface area contributed by atoms with Gasteiger partial charge in [0.15, 0.2) is 0 Å². The third-order valence-electron chi connectivity index (χ3n) is 4.17. The minimum absolute atomic E-state index is 0.325. The van der Waals surface area contributed by atoms with E-state index >= 15 is 0 Å². The van der Waals surface area contributed by atoms with Crippen LogP contribution in [0, 0.1) is 13.8 Å². The molecule has 1 heterocycles. The highest BCUT2D eigenvalue weighted by atomic mass is 16.3. The first-order chi connectivity index (χ1) is 10.1. The van der Waals surface area contributed by atoms with Gasteiger partial charge in [-0.15, -0.1) is 0 Å². The predicted octanol–water partition coefficient (Wildman–Crippen LogP) is 5.04. The van der Waals surface area contributed by atoms with Crippen molar-refractivity contribution in [2.75, 3.05) is 0 Å². The number of rotatable bonds is 3. The van der Waals surface area contributed by atoms with Crippen molar-refractivity contribution < 1.29 is 5.11 Å².